The number of unbranched alkanes of at least 4 members (excludes halogenated alkanes) is 1. The van der Waals surface area contributed by atoms with Gasteiger partial charge in [-0.2, -0.15) is 0 Å². The van der Waals surface area contributed by atoms with Gasteiger partial charge in [-0.15, -0.1) is 11.6 Å². The predicted octanol–water partition coefficient (Wildman–Crippen LogP) is 1.08. The van der Waals surface area contributed by atoms with Crippen LogP contribution in [0.3, 0.4) is 0 Å². The summed E-state index contributed by atoms with van der Waals surface area (Å²) < 4.78 is 5.21. The Kier molecular flexibility index (Phi) is 6.93. The monoisotopic (exact) mass is 166 g/mol. The zero-order valence-corrected chi connectivity index (χ0v) is 8.95. The van der Waals surface area contributed by atoms with Crippen LogP contribution in [-0.2, 0) is 4.43 Å². The molecule has 0 aromatic carbocycles. The minimum Gasteiger partial charge on any atom is -0.424 e. The quantitative estimate of drug-likeness (QED) is 0.439. The van der Waals surface area contributed by atoms with Crippen LogP contribution in [0, 0.1) is 0 Å². The lowest BCUT2D eigenvalue weighted by molar-refractivity contribution is 0.231. The average molecular weight is 167 g/mol. The van der Waals surface area contributed by atoms with E-state index >= 15 is 0 Å². The second-order valence-corrected chi connectivity index (χ2v) is 2.93. The summed E-state index contributed by atoms with van der Waals surface area (Å²) in [7, 11) is 0.814. The molecule has 0 heterocycles. The lowest BCUT2D eigenvalue weighted by Crippen LogP contribution is -2.12. The topological polar surface area (TPSA) is 9.23 Å². The van der Waals surface area contributed by atoms with E-state index in [4.69, 9.17) is 16.0 Å². The molecule has 0 N–H and O–H groups in total. The Morgan fingerprint density at radius 3 is 2.67 bits per heavy atom. The second kappa shape index (κ2) is 6.58. The summed E-state index contributed by atoms with van der Waals surface area (Å²) in [6.07, 6.45) is 3.93. The van der Waals surface area contributed by atoms with Crippen molar-refractivity contribution in [2.24, 2.45) is 0 Å². The zero-order chi connectivity index (χ0) is 7.11. The number of hydrogen-bond acceptors (Lipinski definition) is 1. The van der Waals surface area contributed by atoms with Crippen molar-refractivity contribution in [1.82, 2.24) is 0 Å². The fraction of sp³-hybridized carbons (Fsp3) is 1.00. The van der Waals surface area contributed by atoms with Gasteiger partial charge in [-0.3, -0.25) is 0 Å². The van der Waals surface area contributed by atoms with Gasteiger partial charge in [-0.25, -0.2) is 0 Å². The highest BCUT2D eigenvalue weighted by Gasteiger charge is 2.01. The third kappa shape index (κ3) is 4.94. The third-order valence-corrected chi connectivity index (χ3v) is 2.40. The van der Waals surface area contributed by atoms with Gasteiger partial charge in [-0.1, -0.05) is 19.8 Å². The van der Waals surface area contributed by atoms with Crippen LogP contribution in [0.4, 0.5) is 0 Å². The molecule has 0 spiro atoms. The largest absolute Gasteiger partial charge is 0.424 e. The van der Waals surface area contributed by atoms with Crippen LogP contribution < -0.4 is 0 Å². The average Bonchev–Trinajstić information content (AvgIpc) is 1.91. The first-order valence-electron chi connectivity index (χ1n) is 3.43. The van der Waals surface area contributed by atoms with Crippen molar-refractivity contribution in [1.29, 1.82) is 0 Å². The SMILES string of the molecule is CCCCC(CCl)O[SiH3]. The Morgan fingerprint density at radius 2 is 2.33 bits per heavy atom. The third-order valence-electron chi connectivity index (χ3n) is 1.39. The molecule has 0 fully saturated rings. The van der Waals surface area contributed by atoms with Crippen LogP contribution in [0.5, 0.6) is 0 Å². The molecule has 0 bridgehead atoms. The minimum absolute atomic E-state index is 0.332. The number of hydrogen-bond donors (Lipinski definition) is 0. The first-order valence-corrected chi connectivity index (χ1v) is 4.79. The maximum atomic E-state index is 5.60. The maximum Gasteiger partial charge on any atom is 0.146 e. The van der Waals surface area contributed by atoms with Gasteiger partial charge in [0.25, 0.3) is 0 Å². The normalized spacial score (nSPS) is 14.0. The maximum absolute atomic E-state index is 5.60. The summed E-state index contributed by atoms with van der Waals surface area (Å²) in [5.74, 6) is 0.656. The van der Waals surface area contributed by atoms with Gasteiger partial charge in [0.15, 0.2) is 0 Å². The molecule has 56 valence electrons. The first kappa shape index (κ1) is 9.47. The van der Waals surface area contributed by atoms with E-state index in [1.54, 1.807) is 0 Å². The molecular weight excluding hydrogens is 152 g/mol. The van der Waals surface area contributed by atoms with Crippen molar-refractivity contribution in [3.8, 4) is 0 Å². The van der Waals surface area contributed by atoms with Crippen molar-refractivity contribution in [2.75, 3.05) is 5.88 Å². The smallest absolute Gasteiger partial charge is 0.146 e. The van der Waals surface area contributed by atoms with Crippen LogP contribution in [0.2, 0.25) is 0 Å². The van der Waals surface area contributed by atoms with Crippen LogP contribution >= 0.6 is 11.6 Å². The summed E-state index contributed by atoms with van der Waals surface area (Å²) in [5, 5.41) is 0. The van der Waals surface area contributed by atoms with E-state index in [-0.39, 0.29) is 0 Å². The number of halogens is 1. The van der Waals surface area contributed by atoms with Crippen molar-refractivity contribution >= 4 is 22.1 Å². The Balaban J connectivity index is 3.09. The Bertz CT molecular complexity index is 57.0. The highest BCUT2D eigenvalue weighted by atomic mass is 35.5. The Morgan fingerprint density at radius 1 is 1.67 bits per heavy atom. The molecule has 0 saturated heterocycles. The molecule has 9 heavy (non-hydrogen) atoms. The molecule has 0 aliphatic heterocycles. The lowest BCUT2D eigenvalue weighted by Gasteiger charge is -2.10. The van der Waals surface area contributed by atoms with E-state index in [0.717, 1.165) is 16.9 Å². The predicted molar refractivity (Wildman–Crippen MR) is 45.1 cm³/mol. The van der Waals surface area contributed by atoms with Crippen molar-refractivity contribution < 1.29 is 4.43 Å². The fourth-order valence-corrected chi connectivity index (χ4v) is 1.58. The molecule has 1 unspecified atom stereocenters. The molecule has 1 atom stereocenters. The van der Waals surface area contributed by atoms with E-state index in [1.807, 2.05) is 0 Å². The van der Waals surface area contributed by atoms with E-state index in [0.29, 0.717) is 12.0 Å². The van der Waals surface area contributed by atoms with Crippen molar-refractivity contribution in [3.05, 3.63) is 0 Å². The molecule has 3 heteroatoms. The van der Waals surface area contributed by atoms with Gasteiger partial charge in [0, 0.05) is 5.88 Å². The molecule has 0 rings (SSSR count). The van der Waals surface area contributed by atoms with Gasteiger partial charge >= 0.3 is 0 Å². The summed E-state index contributed by atoms with van der Waals surface area (Å²) >= 11 is 5.60. The molecule has 0 saturated carbocycles. The zero-order valence-electron chi connectivity index (χ0n) is 6.19. The van der Waals surface area contributed by atoms with E-state index in [1.165, 1.54) is 12.8 Å². The van der Waals surface area contributed by atoms with Gasteiger partial charge in [0.2, 0.25) is 0 Å². The minimum atomic E-state index is 0.332. The van der Waals surface area contributed by atoms with Crippen molar-refractivity contribution in [2.45, 2.75) is 32.3 Å². The summed E-state index contributed by atoms with van der Waals surface area (Å²) in [4.78, 5) is 0. The molecule has 0 amide bonds. The molecule has 0 aliphatic rings. The van der Waals surface area contributed by atoms with E-state index in [2.05, 4.69) is 6.92 Å². The summed E-state index contributed by atoms with van der Waals surface area (Å²) in [6.45, 7) is 2.18. The van der Waals surface area contributed by atoms with Crippen molar-refractivity contribution in [3.63, 3.8) is 0 Å². The first-order chi connectivity index (χ1) is 4.35. The highest BCUT2D eigenvalue weighted by molar-refractivity contribution is 6.18. The molecular formula is C6H15ClOSi. The van der Waals surface area contributed by atoms with E-state index in [9.17, 15) is 0 Å². The van der Waals surface area contributed by atoms with Crippen LogP contribution in [0.25, 0.3) is 0 Å². The van der Waals surface area contributed by atoms with Crippen LogP contribution in [0.15, 0.2) is 0 Å². The molecule has 0 aromatic rings. The van der Waals surface area contributed by atoms with E-state index < -0.39 is 0 Å². The lowest BCUT2D eigenvalue weighted by atomic mass is 10.2. The van der Waals surface area contributed by atoms with Gasteiger partial charge < -0.3 is 4.43 Å². The highest BCUT2D eigenvalue weighted by Crippen LogP contribution is 2.04. The fourth-order valence-electron chi connectivity index (χ4n) is 0.690. The molecule has 0 radical (unpaired) electrons. The van der Waals surface area contributed by atoms with Gasteiger partial charge in [0.05, 0.1) is 6.10 Å². The molecule has 0 aliphatic carbocycles. The molecule has 1 nitrogen and oxygen atoms in total. The van der Waals surface area contributed by atoms with Gasteiger partial charge in [-0.05, 0) is 6.42 Å². The Labute approximate surface area is 65.3 Å². The second-order valence-electron chi connectivity index (χ2n) is 2.15. The Hall–Kier alpha value is 0.467. The number of rotatable bonds is 5. The number of alkyl halides is 1. The molecule has 0 aromatic heterocycles. The standard InChI is InChI=1S/C6H15ClOSi/c1-2-3-4-6(5-7)8-9/h6H,2-5H2,1,9H3. The van der Waals surface area contributed by atoms with Gasteiger partial charge in [0.1, 0.15) is 10.5 Å². The summed E-state index contributed by atoms with van der Waals surface area (Å²) in [5.41, 5.74) is 0. The summed E-state index contributed by atoms with van der Waals surface area (Å²) in [6, 6.07) is 0. The van der Waals surface area contributed by atoms with Crippen LogP contribution in [0.1, 0.15) is 26.2 Å². The van der Waals surface area contributed by atoms with Crippen LogP contribution in [-0.4, -0.2) is 22.5 Å².